The maximum atomic E-state index is 11.2. The summed E-state index contributed by atoms with van der Waals surface area (Å²) >= 11 is 1.49. The summed E-state index contributed by atoms with van der Waals surface area (Å²) in [5, 5.41) is 3.77. The van der Waals surface area contributed by atoms with Crippen LogP contribution in [0.4, 0.5) is 0 Å². The fraction of sp³-hybridized carbons (Fsp3) is 0.636. The van der Waals surface area contributed by atoms with Gasteiger partial charge in [0.15, 0.2) is 0 Å². The number of hydrogen-bond acceptors (Lipinski definition) is 5. The summed E-state index contributed by atoms with van der Waals surface area (Å²) in [4.78, 5) is 15.4. The van der Waals surface area contributed by atoms with Gasteiger partial charge in [-0.1, -0.05) is 25.6 Å². The van der Waals surface area contributed by atoms with Gasteiger partial charge in [0.05, 0.1) is 11.7 Å². The fourth-order valence-electron chi connectivity index (χ4n) is 1.37. The highest BCUT2D eigenvalue weighted by Crippen LogP contribution is 2.18. The molecule has 1 aromatic heterocycles. The molecule has 0 spiro atoms. The standard InChI is InChI=1S/C11H19N3O2S/c1-7(2)13-9(10(12)15)4-5-17-11-14-8(3)6-16-11/h6-7,9,13H,4-5H2,1-3H3,(H2,12,15). The van der Waals surface area contributed by atoms with Gasteiger partial charge in [-0.2, -0.15) is 0 Å². The lowest BCUT2D eigenvalue weighted by Crippen LogP contribution is -2.44. The van der Waals surface area contributed by atoms with Gasteiger partial charge in [0.2, 0.25) is 5.91 Å². The van der Waals surface area contributed by atoms with Crippen LogP contribution in [0.1, 0.15) is 26.0 Å². The highest BCUT2D eigenvalue weighted by Gasteiger charge is 2.16. The largest absolute Gasteiger partial charge is 0.440 e. The molecule has 6 heteroatoms. The molecule has 0 radical (unpaired) electrons. The normalized spacial score (nSPS) is 12.9. The molecule has 0 saturated heterocycles. The van der Waals surface area contributed by atoms with Crippen LogP contribution in [0.3, 0.4) is 0 Å². The van der Waals surface area contributed by atoms with Crippen molar-refractivity contribution < 1.29 is 9.21 Å². The number of primary amides is 1. The van der Waals surface area contributed by atoms with Crippen molar-refractivity contribution in [3.8, 4) is 0 Å². The number of oxazole rings is 1. The zero-order valence-electron chi connectivity index (χ0n) is 10.4. The van der Waals surface area contributed by atoms with Crippen molar-refractivity contribution in [2.24, 2.45) is 5.73 Å². The Labute approximate surface area is 106 Å². The van der Waals surface area contributed by atoms with Gasteiger partial charge in [-0.3, -0.25) is 4.79 Å². The van der Waals surface area contributed by atoms with E-state index in [9.17, 15) is 4.79 Å². The summed E-state index contributed by atoms with van der Waals surface area (Å²) in [6, 6.07) is -0.0555. The van der Waals surface area contributed by atoms with Crippen molar-refractivity contribution in [2.75, 3.05) is 5.75 Å². The Morgan fingerprint density at radius 1 is 1.65 bits per heavy atom. The third kappa shape index (κ3) is 5.23. The van der Waals surface area contributed by atoms with Crippen molar-refractivity contribution in [1.82, 2.24) is 10.3 Å². The monoisotopic (exact) mass is 257 g/mol. The van der Waals surface area contributed by atoms with Crippen molar-refractivity contribution in [1.29, 1.82) is 0 Å². The molecule has 1 unspecified atom stereocenters. The van der Waals surface area contributed by atoms with Crippen molar-refractivity contribution in [3.05, 3.63) is 12.0 Å². The number of nitrogens with zero attached hydrogens (tertiary/aromatic N) is 1. The van der Waals surface area contributed by atoms with E-state index in [4.69, 9.17) is 10.2 Å². The molecule has 1 aromatic rings. The van der Waals surface area contributed by atoms with Crippen LogP contribution >= 0.6 is 11.8 Å². The molecule has 0 fully saturated rings. The average Bonchev–Trinajstić information content (AvgIpc) is 2.62. The van der Waals surface area contributed by atoms with E-state index in [-0.39, 0.29) is 18.0 Å². The summed E-state index contributed by atoms with van der Waals surface area (Å²) in [5.74, 6) is 0.427. The van der Waals surface area contributed by atoms with Crippen LogP contribution in [0.15, 0.2) is 15.9 Å². The second kappa shape index (κ2) is 6.66. The Morgan fingerprint density at radius 3 is 2.82 bits per heavy atom. The lowest BCUT2D eigenvalue weighted by molar-refractivity contribution is -0.120. The number of rotatable bonds is 7. The second-order valence-electron chi connectivity index (χ2n) is 4.17. The molecule has 0 aliphatic rings. The molecule has 96 valence electrons. The molecule has 0 aliphatic heterocycles. The van der Waals surface area contributed by atoms with Crippen LogP contribution in [-0.2, 0) is 4.79 Å². The SMILES string of the molecule is Cc1coc(SCCC(NC(C)C)C(N)=O)n1. The Kier molecular flexibility index (Phi) is 5.50. The van der Waals surface area contributed by atoms with Crippen LogP contribution in [0.5, 0.6) is 0 Å². The molecular formula is C11H19N3O2S. The van der Waals surface area contributed by atoms with Gasteiger partial charge in [0, 0.05) is 11.8 Å². The maximum absolute atomic E-state index is 11.2. The van der Waals surface area contributed by atoms with E-state index < -0.39 is 0 Å². The van der Waals surface area contributed by atoms with Gasteiger partial charge >= 0.3 is 0 Å². The molecule has 17 heavy (non-hydrogen) atoms. The molecule has 1 rings (SSSR count). The number of nitrogens with two attached hydrogens (primary N) is 1. The third-order valence-corrected chi connectivity index (χ3v) is 2.98. The number of aryl methyl sites for hydroxylation is 1. The minimum atomic E-state index is -0.317. The maximum Gasteiger partial charge on any atom is 0.255 e. The second-order valence-corrected chi connectivity index (χ2v) is 5.21. The Hall–Kier alpha value is -1.01. The fourth-order valence-corrected chi connectivity index (χ4v) is 2.23. The highest BCUT2D eigenvalue weighted by molar-refractivity contribution is 7.99. The summed E-state index contributed by atoms with van der Waals surface area (Å²) in [7, 11) is 0. The Bertz CT molecular complexity index is 365. The Balaban J connectivity index is 2.34. The number of carbonyl (C=O) groups excluding carboxylic acids is 1. The van der Waals surface area contributed by atoms with E-state index >= 15 is 0 Å². The van der Waals surface area contributed by atoms with Crippen LogP contribution in [0.25, 0.3) is 0 Å². The number of nitrogens with one attached hydrogen (secondary N) is 1. The van der Waals surface area contributed by atoms with Crippen LogP contribution in [-0.4, -0.2) is 28.7 Å². The zero-order valence-corrected chi connectivity index (χ0v) is 11.2. The van der Waals surface area contributed by atoms with E-state index in [0.29, 0.717) is 11.6 Å². The van der Waals surface area contributed by atoms with Gasteiger partial charge in [-0.15, -0.1) is 0 Å². The molecule has 0 aromatic carbocycles. The van der Waals surface area contributed by atoms with Gasteiger partial charge in [0.25, 0.3) is 5.22 Å². The number of thioether (sulfide) groups is 1. The van der Waals surface area contributed by atoms with Crippen molar-refractivity contribution in [2.45, 2.75) is 44.5 Å². The molecular weight excluding hydrogens is 238 g/mol. The smallest absolute Gasteiger partial charge is 0.255 e. The first-order valence-electron chi connectivity index (χ1n) is 5.59. The van der Waals surface area contributed by atoms with Crippen molar-refractivity contribution in [3.63, 3.8) is 0 Å². The van der Waals surface area contributed by atoms with E-state index in [2.05, 4.69) is 10.3 Å². The molecule has 1 atom stereocenters. The third-order valence-electron chi connectivity index (χ3n) is 2.11. The number of aromatic nitrogens is 1. The van der Waals surface area contributed by atoms with Gasteiger partial charge in [-0.25, -0.2) is 4.98 Å². The summed E-state index contributed by atoms with van der Waals surface area (Å²) in [6.07, 6.45) is 2.28. The van der Waals surface area contributed by atoms with E-state index in [1.165, 1.54) is 11.8 Å². The van der Waals surface area contributed by atoms with Crippen LogP contribution in [0.2, 0.25) is 0 Å². The molecule has 0 saturated carbocycles. The zero-order chi connectivity index (χ0) is 12.8. The lowest BCUT2D eigenvalue weighted by atomic mass is 10.2. The quantitative estimate of drug-likeness (QED) is 0.720. The average molecular weight is 257 g/mol. The first-order valence-corrected chi connectivity index (χ1v) is 6.58. The van der Waals surface area contributed by atoms with Gasteiger partial charge in [-0.05, 0) is 13.3 Å². The molecule has 1 amide bonds. The topological polar surface area (TPSA) is 81.1 Å². The molecule has 0 aliphatic carbocycles. The summed E-state index contributed by atoms with van der Waals surface area (Å²) in [5.41, 5.74) is 6.18. The number of carbonyl (C=O) groups is 1. The minimum absolute atomic E-state index is 0.237. The predicted molar refractivity (Wildman–Crippen MR) is 67.8 cm³/mol. The Morgan fingerprint density at radius 2 is 2.35 bits per heavy atom. The highest BCUT2D eigenvalue weighted by atomic mass is 32.2. The first kappa shape index (κ1) is 14.1. The molecule has 5 nitrogen and oxygen atoms in total. The van der Waals surface area contributed by atoms with Gasteiger partial charge < -0.3 is 15.5 Å². The van der Waals surface area contributed by atoms with E-state index in [0.717, 1.165) is 11.4 Å². The van der Waals surface area contributed by atoms with Crippen LogP contribution in [0, 0.1) is 6.92 Å². The van der Waals surface area contributed by atoms with Crippen molar-refractivity contribution >= 4 is 17.7 Å². The minimum Gasteiger partial charge on any atom is -0.440 e. The van der Waals surface area contributed by atoms with Gasteiger partial charge in [0.1, 0.15) is 6.26 Å². The predicted octanol–water partition coefficient (Wildman–Crippen LogP) is 1.32. The van der Waals surface area contributed by atoms with Crippen LogP contribution < -0.4 is 11.1 Å². The molecule has 1 heterocycles. The number of amides is 1. The molecule has 0 bridgehead atoms. The summed E-state index contributed by atoms with van der Waals surface area (Å²) in [6.45, 7) is 5.85. The summed E-state index contributed by atoms with van der Waals surface area (Å²) < 4.78 is 5.20. The lowest BCUT2D eigenvalue weighted by Gasteiger charge is -2.17. The number of hydrogen-bond donors (Lipinski definition) is 2. The molecule has 3 N–H and O–H groups in total. The van der Waals surface area contributed by atoms with E-state index in [1.807, 2.05) is 20.8 Å². The van der Waals surface area contributed by atoms with E-state index in [1.54, 1.807) is 6.26 Å². The first-order chi connectivity index (χ1) is 7.99.